The van der Waals surface area contributed by atoms with E-state index in [1.54, 1.807) is 18.2 Å². The van der Waals surface area contributed by atoms with Crippen molar-refractivity contribution in [3.05, 3.63) is 48.3 Å². The highest BCUT2D eigenvalue weighted by atomic mass is 32.2. The Balaban J connectivity index is 2.58. The van der Waals surface area contributed by atoms with Gasteiger partial charge < -0.3 is 0 Å². The summed E-state index contributed by atoms with van der Waals surface area (Å²) >= 11 is 0. The predicted octanol–water partition coefficient (Wildman–Crippen LogP) is 3.00. The van der Waals surface area contributed by atoms with Gasteiger partial charge in [0.1, 0.15) is 11.4 Å². The molecule has 0 saturated heterocycles. The largest absolute Gasteiger partial charge is 0.295 e. The van der Waals surface area contributed by atoms with Crippen LogP contribution in [0.1, 0.15) is 25.5 Å². The van der Waals surface area contributed by atoms with Gasteiger partial charge in [0, 0.05) is 25.0 Å². The molecular weight excluding hydrogens is 286 g/mol. The van der Waals surface area contributed by atoms with Crippen molar-refractivity contribution in [2.24, 2.45) is 0 Å². The van der Waals surface area contributed by atoms with E-state index in [4.69, 9.17) is 0 Å². The van der Waals surface area contributed by atoms with Crippen molar-refractivity contribution in [3.8, 4) is 11.1 Å². The van der Waals surface area contributed by atoms with Gasteiger partial charge in [0.25, 0.3) is 10.1 Å². The number of hydrogen-bond acceptors (Lipinski definition) is 2. The smallest absolute Gasteiger partial charge is 0.282 e. The van der Waals surface area contributed by atoms with Gasteiger partial charge in [-0.3, -0.25) is 4.55 Å². The Kier molecular flexibility index (Phi) is 4.75. The topological polar surface area (TPSA) is 58.2 Å². The van der Waals surface area contributed by atoms with Crippen molar-refractivity contribution in [3.63, 3.8) is 0 Å². The molecule has 5 heteroatoms. The molecule has 1 aromatic heterocycles. The average Bonchev–Trinajstić information content (AvgIpc) is 2.45. The number of rotatable bonds is 5. The quantitative estimate of drug-likeness (QED) is 0.682. The Labute approximate surface area is 125 Å². The molecule has 1 N–H and O–H groups in total. The minimum Gasteiger partial charge on any atom is -0.282 e. The van der Waals surface area contributed by atoms with E-state index < -0.39 is 10.1 Å². The second-order valence-electron chi connectivity index (χ2n) is 5.03. The van der Waals surface area contributed by atoms with Crippen LogP contribution in [-0.4, -0.2) is 13.0 Å². The third-order valence-electron chi connectivity index (χ3n) is 3.56. The molecule has 112 valence electrons. The van der Waals surface area contributed by atoms with Gasteiger partial charge in [-0.05, 0) is 12.1 Å². The van der Waals surface area contributed by atoms with Crippen LogP contribution < -0.4 is 4.57 Å². The summed E-state index contributed by atoms with van der Waals surface area (Å²) in [6, 6.07) is 10.3. The monoisotopic (exact) mass is 306 g/mol. The molecule has 0 saturated carbocycles. The maximum Gasteiger partial charge on any atom is 0.295 e. The summed E-state index contributed by atoms with van der Waals surface area (Å²) < 4.78 is 34.6. The van der Waals surface area contributed by atoms with Crippen molar-refractivity contribution in [2.45, 2.75) is 38.1 Å². The standard InChI is InChI=1S/C16H19NO3S/c1-3-4-11-17-12-7-9-14(13(17)2)15-8-5-6-10-16(15)21(18,19)20/h5-10,12H,3-4,11H2,1-2H3/p+1. The fourth-order valence-electron chi connectivity index (χ4n) is 2.40. The molecular formula is C16H20NO3S+. The van der Waals surface area contributed by atoms with Crippen LogP contribution in [0.2, 0.25) is 0 Å². The lowest BCUT2D eigenvalue weighted by atomic mass is 10.0. The number of unbranched alkanes of at least 4 members (excludes halogenated alkanes) is 1. The molecule has 0 atom stereocenters. The minimum absolute atomic E-state index is 0.0543. The van der Waals surface area contributed by atoms with Crippen molar-refractivity contribution >= 4 is 10.1 Å². The summed E-state index contributed by atoms with van der Waals surface area (Å²) in [6.07, 6.45) is 4.15. The maximum absolute atomic E-state index is 11.5. The van der Waals surface area contributed by atoms with Crippen molar-refractivity contribution in [2.75, 3.05) is 0 Å². The van der Waals surface area contributed by atoms with Crippen LogP contribution >= 0.6 is 0 Å². The highest BCUT2D eigenvalue weighted by molar-refractivity contribution is 7.86. The molecule has 2 aromatic rings. The molecule has 2 rings (SSSR count). The molecule has 1 aromatic carbocycles. The predicted molar refractivity (Wildman–Crippen MR) is 81.5 cm³/mol. The summed E-state index contributed by atoms with van der Waals surface area (Å²) in [7, 11) is -4.24. The van der Waals surface area contributed by atoms with Crippen LogP contribution in [0, 0.1) is 6.92 Å². The maximum atomic E-state index is 11.5. The molecule has 0 fully saturated rings. The van der Waals surface area contributed by atoms with E-state index in [0.29, 0.717) is 5.56 Å². The molecule has 4 nitrogen and oxygen atoms in total. The molecule has 0 radical (unpaired) electrons. The Morgan fingerprint density at radius 1 is 1.10 bits per heavy atom. The minimum atomic E-state index is -4.24. The molecule has 0 amide bonds. The van der Waals surface area contributed by atoms with E-state index in [9.17, 15) is 13.0 Å². The van der Waals surface area contributed by atoms with Gasteiger partial charge in [0.15, 0.2) is 11.9 Å². The van der Waals surface area contributed by atoms with Gasteiger partial charge in [0.05, 0.1) is 5.56 Å². The molecule has 1 heterocycles. The second-order valence-corrected chi connectivity index (χ2v) is 6.42. The van der Waals surface area contributed by atoms with Gasteiger partial charge in [-0.25, -0.2) is 4.57 Å². The fraction of sp³-hybridized carbons (Fsp3) is 0.312. The summed E-state index contributed by atoms with van der Waals surface area (Å²) in [5.74, 6) is 0. The Hall–Kier alpha value is -1.72. The lowest BCUT2D eigenvalue weighted by molar-refractivity contribution is -0.702. The zero-order chi connectivity index (χ0) is 15.5. The number of nitrogens with zero attached hydrogens (tertiary/aromatic N) is 1. The molecule has 0 unspecified atom stereocenters. The number of benzene rings is 1. The summed E-state index contributed by atoms with van der Waals surface area (Å²) in [5.41, 5.74) is 2.34. The lowest BCUT2D eigenvalue weighted by Crippen LogP contribution is -2.37. The van der Waals surface area contributed by atoms with Gasteiger partial charge in [-0.15, -0.1) is 0 Å². The molecule has 0 spiro atoms. The van der Waals surface area contributed by atoms with Crippen LogP contribution in [0.15, 0.2) is 47.5 Å². The number of aryl methyl sites for hydroxylation is 1. The average molecular weight is 306 g/mol. The van der Waals surface area contributed by atoms with Crippen LogP contribution in [-0.2, 0) is 16.7 Å². The third-order valence-corrected chi connectivity index (χ3v) is 4.47. The van der Waals surface area contributed by atoms with Crippen LogP contribution in [0.3, 0.4) is 0 Å². The molecule has 0 bridgehead atoms. The van der Waals surface area contributed by atoms with Crippen molar-refractivity contribution in [1.29, 1.82) is 0 Å². The lowest BCUT2D eigenvalue weighted by Gasteiger charge is -2.09. The number of aromatic nitrogens is 1. The summed E-state index contributed by atoms with van der Waals surface area (Å²) in [5, 5.41) is 0. The van der Waals surface area contributed by atoms with E-state index >= 15 is 0 Å². The highest BCUT2D eigenvalue weighted by Gasteiger charge is 2.20. The van der Waals surface area contributed by atoms with Crippen LogP contribution in [0.25, 0.3) is 11.1 Å². The first kappa shape index (κ1) is 15.7. The van der Waals surface area contributed by atoms with E-state index in [1.165, 1.54) is 6.07 Å². The van der Waals surface area contributed by atoms with E-state index in [1.807, 2.05) is 25.3 Å². The second kappa shape index (κ2) is 6.37. The third kappa shape index (κ3) is 3.49. The molecule has 0 aliphatic heterocycles. The SMILES string of the molecule is CCCC[n+]1cccc(-c2ccccc2S(=O)(=O)O)c1C. The zero-order valence-corrected chi connectivity index (χ0v) is 13.1. The zero-order valence-electron chi connectivity index (χ0n) is 12.3. The van der Waals surface area contributed by atoms with Crippen LogP contribution in [0.5, 0.6) is 0 Å². The van der Waals surface area contributed by atoms with E-state index in [2.05, 4.69) is 11.5 Å². The first-order chi connectivity index (χ1) is 9.95. The summed E-state index contributed by atoms with van der Waals surface area (Å²) in [4.78, 5) is -0.0543. The highest BCUT2D eigenvalue weighted by Crippen LogP contribution is 2.28. The molecule has 0 aliphatic carbocycles. The normalized spacial score (nSPS) is 11.6. The fourth-order valence-corrected chi connectivity index (χ4v) is 3.11. The van der Waals surface area contributed by atoms with Gasteiger partial charge in [-0.2, -0.15) is 8.42 Å². The van der Waals surface area contributed by atoms with Crippen molar-refractivity contribution < 1.29 is 17.5 Å². The number of pyridine rings is 1. The Bertz CT molecular complexity index is 739. The van der Waals surface area contributed by atoms with Crippen molar-refractivity contribution in [1.82, 2.24) is 0 Å². The Morgan fingerprint density at radius 2 is 1.76 bits per heavy atom. The number of hydrogen-bond donors (Lipinski definition) is 1. The van der Waals surface area contributed by atoms with Gasteiger partial charge in [-0.1, -0.05) is 31.5 Å². The summed E-state index contributed by atoms with van der Waals surface area (Å²) in [6.45, 7) is 4.99. The van der Waals surface area contributed by atoms with E-state index in [0.717, 1.165) is 30.6 Å². The Morgan fingerprint density at radius 3 is 2.43 bits per heavy atom. The van der Waals surface area contributed by atoms with Gasteiger partial charge in [0.2, 0.25) is 0 Å². The molecule has 21 heavy (non-hydrogen) atoms. The van der Waals surface area contributed by atoms with E-state index in [-0.39, 0.29) is 4.90 Å². The first-order valence-corrected chi connectivity index (χ1v) is 8.45. The first-order valence-electron chi connectivity index (χ1n) is 7.01. The molecule has 0 aliphatic rings. The van der Waals surface area contributed by atoms with Crippen LogP contribution in [0.4, 0.5) is 0 Å². The van der Waals surface area contributed by atoms with Gasteiger partial charge >= 0.3 is 0 Å².